The molecule has 4 rings (SSSR count). The van der Waals surface area contributed by atoms with Gasteiger partial charge in [0.25, 0.3) is 5.91 Å². The minimum absolute atomic E-state index is 0.0725. The number of likely N-dealkylation sites (tertiary alicyclic amines) is 1. The first-order valence-electron chi connectivity index (χ1n) is 10.1. The predicted octanol–water partition coefficient (Wildman–Crippen LogP) is 4.80. The summed E-state index contributed by atoms with van der Waals surface area (Å²) in [6, 6.07) is 24.3. The normalized spacial score (nSPS) is 15.2. The van der Waals surface area contributed by atoms with Crippen molar-refractivity contribution in [3.8, 4) is 0 Å². The van der Waals surface area contributed by atoms with Crippen molar-refractivity contribution in [2.24, 2.45) is 0 Å². The van der Waals surface area contributed by atoms with E-state index in [-0.39, 0.29) is 11.9 Å². The lowest BCUT2D eigenvalue weighted by Gasteiger charge is -2.28. The monoisotopic (exact) mass is 403 g/mol. The maximum absolute atomic E-state index is 13.0. The quantitative estimate of drug-likeness (QED) is 0.615. The third-order valence-electron chi connectivity index (χ3n) is 5.20. The fraction of sp³-hybridized carbons (Fsp3) is 0.250. The van der Waals surface area contributed by atoms with E-state index in [2.05, 4.69) is 39.5 Å². The molecular formula is C24H25N3OS. The lowest BCUT2D eigenvalue weighted by atomic mass is 10.1. The summed E-state index contributed by atoms with van der Waals surface area (Å²) in [7, 11) is 0. The second-order valence-corrected chi connectivity index (χ2v) is 8.21. The Hall–Kier alpha value is -2.63. The van der Waals surface area contributed by atoms with Gasteiger partial charge >= 0.3 is 0 Å². The van der Waals surface area contributed by atoms with Crippen molar-refractivity contribution < 1.29 is 4.79 Å². The Kier molecular flexibility index (Phi) is 6.60. The minimum atomic E-state index is -0.0725. The van der Waals surface area contributed by atoms with Crippen LogP contribution in [0.25, 0.3) is 0 Å². The highest BCUT2D eigenvalue weighted by atomic mass is 32.2. The van der Waals surface area contributed by atoms with E-state index in [4.69, 9.17) is 0 Å². The van der Waals surface area contributed by atoms with Crippen LogP contribution in [0.3, 0.4) is 0 Å². The third-order valence-corrected chi connectivity index (χ3v) is 6.22. The van der Waals surface area contributed by atoms with Gasteiger partial charge in [0.2, 0.25) is 0 Å². The van der Waals surface area contributed by atoms with Crippen LogP contribution in [0.4, 0.5) is 0 Å². The molecule has 1 N–H and O–H groups in total. The van der Waals surface area contributed by atoms with Gasteiger partial charge in [-0.1, -0.05) is 60.3 Å². The van der Waals surface area contributed by atoms with E-state index < -0.39 is 0 Å². The first-order valence-corrected chi connectivity index (χ1v) is 10.9. The highest BCUT2D eigenvalue weighted by molar-refractivity contribution is 7.99. The van der Waals surface area contributed by atoms with Crippen molar-refractivity contribution in [2.45, 2.75) is 28.8 Å². The second kappa shape index (κ2) is 9.72. The maximum atomic E-state index is 13.0. The topological polar surface area (TPSA) is 45.2 Å². The number of rotatable bonds is 7. The smallest absolute Gasteiger partial charge is 0.254 e. The molecule has 1 aromatic heterocycles. The molecule has 5 heteroatoms. The largest absolute Gasteiger partial charge is 0.350 e. The summed E-state index contributed by atoms with van der Waals surface area (Å²) in [5.74, 6) is -0.0725. The number of amides is 1. The van der Waals surface area contributed by atoms with Gasteiger partial charge in [-0.05, 0) is 55.8 Å². The summed E-state index contributed by atoms with van der Waals surface area (Å²) in [5.41, 5.74) is 1.87. The number of aromatic nitrogens is 1. The van der Waals surface area contributed by atoms with E-state index in [0.717, 1.165) is 23.0 Å². The molecule has 2 aromatic carbocycles. The van der Waals surface area contributed by atoms with E-state index in [1.165, 1.54) is 30.2 Å². The van der Waals surface area contributed by atoms with E-state index in [9.17, 15) is 4.79 Å². The Balaban J connectivity index is 1.48. The van der Waals surface area contributed by atoms with Crippen molar-refractivity contribution in [2.75, 3.05) is 19.6 Å². The molecule has 2 heterocycles. The van der Waals surface area contributed by atoms with Crippen LogP contribution in [0.1, 0.15) is 34.8 Å². The molecule has 0 aliphatic carbocycles. The summed E-state index contributed by atoms with van der Waals surface area (Å²) in [4.78, 5) is 21.0. The average Bonchev–Trinajstić information content (AvgIpc) is 3.30. The van der Waals surface area contributed by atoms with E-state index >= 15 is 0 Å². The average molecular weight is 404 g/mol. The number of hydrogen-bond donors (Lipinski definition) is 1. The van der Waals surface area contributed by atoms with Gasteiger partial charge in [-0.2, -0.15) is 0 Å². The highest BCUT2D eigenvalue weighted by Crippen LogP contribution is 2.29. The molecular weight excluding hydrogens is 378 g/mol. The number of nitrogens with zero attached hydrogens (tertiary/aromatic N) is 2. The van der Waals surface area contributed by atoms with Crippen molar-refractivity contribution >= 4 is 17.7 Å². The van der Waals surface area contributed by atoms with Gasteiger partial charge in [-0.25, -0.2) is 4.98 Å². The number of nitrogens with one attached hydrogen (secondary N) is 1. The summed E-state index contributed by atoms with van der Waals surface area (Å²) >= 11 is 1.52. The van der Waals surface area contributed by atoms with E-state index in [1.54, 1.807) is 6.20 Å². The van der Waals surface area contributed by atoms with E-state index in [0.29, 0.717) is 12.1 Å². The molecule has 4 nitrogen and oxygen atoms in total. The fourth-order valence-corrected chi connectivity index (χ4v) is 4.62. The lowest BCUT2D eigenvalue weighted by Crippen LogP contribution is -2.37. The van der Waals surface area contributed by atoms with Crippen LogP contribution in [0.5, 0.6) is 0 Å². The summed E-state index contributed by atoms with van der Waals surface area (Å²) in [6.45, 7) is 2.75. The Morgan fingerprint density at radius 1 is 0.966 bits per heavy atom. The SMILES string of the molecule is O=C(NC[C@@H](c1ccccc1)N1CCCC1)c1cccnc1Sc1ccccc1. The third kappa shape index (κ3) is 5.05. The van der Waals surface area contributed by atoms with Gasteiger partial charge in [-0.3, -0.25) is 9.69 Å². The number of carbonyl (C=O) groups excluding carboxylic acids is 1. The molecule has 0 spiro atoms. The summed E-state index contributed by atoms with van der Waals surface area (Å²) in [5, 5.41) is 3.90. The number of carbonyl (C=O) groups is 1. The van der Waals surface area contributed by atoms with Gasteiger partial charge < -0.3 is 5.32 Å². The Labute approximate surface area is 176 Å². The van der Waals surface area contributed by atoms with Crippen LogP contribution in [0.2, 0.25) is 0 Å². The van der Waals surface area contributed by atoms with Crippen molar-refractivity contribution in [3.63, 3.8) is 0 Å². The summed E-state index contributed by atoms with van der Waals surface area (Å²) in [6.07, 6.45) is 4.18. The van der Waals surface area contributed by atoms with Crippen LogP contribution in [-0.2, 0) is 0 Å². The molecule has 0 bridgehead atoms. The van der Waals surface area contributed by atoms with Crippen molar-refractivity contribution in [1.82, 2.24) is 15.2 Å². The maximum Gasteiger partial charge on any atom is 0.254 e. The molecule has 1 fully saturated rings. The van der Waals surface area contributed by atoms with Crippen molar-refractivity contribution in [3.05, 3.63) is 90.1 Å². The molecule has 0 saturated carbocycles. The van der Waals surface area contributed by atoms with Gasteiger partial charge in [0.1, 0.15) is 5.03 Å². The minimum Gasteiger partial charge on any atom is -0.350 e. The molecule has 1 aliphatic heterocycles. The van der Waals surface area contributed by atoms with Gasteiger partial charge in [0.05, 0.1) is 11.6 Å². The number of benzene rings is 2. The number of pyridine rings is 1. The summed E-state index contributed by atoms with van der Waals surface area (Å²) < 4.78 is 0. The van der Waals surface area contributed by atoms with Crippen LogP contribution in [0.15, 0.2) is 88.9 Å². The first-order chi connectivity index (χ1) is 14.3. The molecule has 0 unspecified atom stereocenters. The Morgan fingerprint density at radius 2 is 1.66 bits per heavy atom. The predicted molar refractivity (Wildman–Crippen MR) is 117 cm³/mol. The molecule has 148 valence electrons. The van der Waals surface area contributed by atoms with Gasteiger partial charge in [-0.15, -0.1) is 0 Å². The Bertz CT molecular complexity index is 927. The Morgan fingerprint density at radius 3 is 2.38 bits per heavy atom. The number of hydrogen-bond acceptors (Lipinski definition) is 4. The van der Waals surface area contributed by atoms with Crippen molar-refractivity contribution in [1.29, 1.82) is 0 Å². The lowest BCUT2D eigenvalue weighted by molar-refractivity contribution is 0.0934. The molecule has 1 aliphatic rings. The second-order valence-electron chi connectivity index (χ2n) is 7.15. The molecule has 29 heavy (non-hydrogen) atoms. The molecule has 1 saturated heterocycles. The highest BCUT2D eigenvalue weighted by Gasteiger charge is 2.24. The fourth-order valence-electron chi connectivity index (χ4n) is 3.72. The van der Waals surface area contributed by atoms with E-state index in [1.807, 2.05) is 48.5 Å². The van der Waals surface area contributed by atoms with Crippen LogP contribution in [0, 0.1) is 0 Å². The molecule has 1 amide bonds. The van der Waals surface area contributed by atoms with Crippen LogP contribution < -0.4 is 5.32 Å². The van der Waals surface area contributed by atoms with Gasteiger partial charge in [0, 0.05) is 17.6 Å². The molecule has 0 radical (unpaired) electrons. The van der Waals surface area contributed by atoms with Crippen LogP contribution in [-0.4, -0.2) is 35.4 Å². The molecule has 1 atom stereocenters. The van der Waals surface area contributed by atoms with Crippen LogP contribution >= 0.6 is 11.8 Å². The first kappa shape index (κ1) is 19.7. The zero-order valence-electron chi connectivity index (χ0n) is 16.3. The standard InChI is InChI=1S/C24H25N3OS/c28-23(21-14-9-15-25-24(21)29-20-12-5-2-6-13-20)26-18-22(27-16-7-8-17-27)19-10-3-1-4-11-19/h1-6,9-15,22H,7-8,16-18H2,(H,26,28)/t22-/m0/s1. The molecule has 3 aromatic rings. The van der Waals surface area contributed by atoms with Gasteiger partial charge in [0.15, 0.2) is 0 Å². The zero-order chi connectivity index (χ0) is 19.9. The zero-order valence-corrected chi connectivity index (χ0v) is 17.1.